The molecule has 13 heavy (non-hydrogen) atoms. The molecule has 0 aliphatic carbocycles. The molecular weight excluding hydrogens is 192 g/mol. The molecule has 2 rings (SSSR count). The minimum atomic E-state index is -0.464. The van der Waals surface area contributed by atoms with Gasteiger partial charge in [-0.05, 0) is 12.1 Å². The molecule has 2 amide bonds. The normalized spacial score (nSPS) is 12.8. The van der Waals surface area contributed by atoms with Crippen molar-refractivity contribution in [1.29, 1.82) is 0 Å². The van der Waals surface area contributed by atoms with Crippen molar-refractivity contribution in [3.63, 3.8) is 0 Å². The SMILES string of the molecule is Cl.NC(=O)N1CNc2ncccc21. The van der Waals surface area contributed by atoms with E-state index in [1.165, 1.54) is 4.90 Å². The van der Waals surface area contributed by atoms with E-state index >= 15 is 0 Å². The summed E-state index contributed by atoms with van der Waals surface area (Å²) < 4.78 is 0. The molecule has 0 spiro atoms. The molecule has 3 N–H and O–H groups in total. The Morgan fingerprint density at radius 3 is 3.15 bits per heavy atom. The summed E-state index contributed by atoms with van der Waals surface area (Å²) in [6.07, 6.45) is 1.66. The number of hydrogen-bond donors (Lipinski definition) is 2. The Bertz CT molecular complexity index is 330. The number of halogens is 1. The van der Waals surface area contributed by atoms with Crippen LogP contribution in [0.1, 0.15) is 0 Å². The zero-order chi connectivity index (χ0) is 8.55. The van der Waals surface area contributed by atoms with Crippen molar-refractivity contribution in [2.75, 3.05) is 16.9 Å². The maximum absolute atomic E-state index is 10.8. The third kappa shape index (κ3) is 1.50. The van der Waals surface area contributed by atoms with Crippen LogP contribution in [-0.2, 0) is 0 Å². The number of nitrogens with one attached hydrogen (secondary N) is 1. The second-order valence-electron chi connectivity index (χ2n) is 2.47. The Balaban J connectivity index is 0.000000845. The van der Waals surface area contributed by atoms with Crippen molar-refractivity contribution in [2.45, 2.75) is 0 Å². The number of urea groups is 1. The second kappa shape index (κ2) is 3.49. The Morgan fingerprint density at radius 1 is 1.69 bits per heavy atom. The molecule has 0 atom stereocenters. The Hall–Kier alpha value is -1.49. The highest BCUT2D eigenvalue weighted by molar-refractivity contribution is 5.96. The molecule has 6 heteroatoms. The highest BCUT2D eigenvalue weighted by atomic mass is 35.5. The van der Waals surface area contributed by atoms with Crippen LogP contribution in [0.5, 0.6) is 0 Å². The first-order valence-electron chi connectivity index (χ1n) is 3.55. The van der Waals surface area contributed by atoms with E-state index in [0.717, 1.165) is 5.69 Å². The van der Waals surface area contributed by atoms with Gasteiger partial charge in [-0.1, -0.05) is 0 Å². The van der Waals surface area contributed by atoms with Crippen LogP contribution in [-0.4, -0.2) is 17.7 Å². The molecule has 1 aromatic rings. The Kier molecular flexibility index (Phi) is 2.57. The zero-order valence-corrected chi connectivity index (χ0v) is 7.54. The van der Waals surface area contributed by atoms with Gasteiger partial charge in [-0.2, -0.15) is 0 Å². The van der Waals surface area contributed by atoms with Crippen LogP contribution in [0.15, 0.2) is 18.3 Å². The summed E-state index contributed by atoms with van der Waals surface area (Å²) in [5, 5.41) is 2.95. The number of nitrogens with two attached hydrogens (primary N) is 1. The molecule has 0 fully saturated rings. The number of amides is 2. The van der Waals surface area contributed by atoms with Gasteiger partial charge in [-0.3, -0.25) is 4.90 Å². The molecule has 0 saturated carbocycles. The molecule has 0 radical (unpaired) electrons. The largest absolute Gasteiger partial charge is 0.351 e. The van der Waals surface area contributed by atoms with E-state index < -0.39 is 6.03 Å². The lowest BCUT2D eigenvalue weighted by Crippen LogP contribution is -2.35. The van der Waals surface area contributed by atoms with Gasteiger partial charge in [0.15, 0.2) is 5.82 Å². The van der Waals surface area contributed by atoms with Crippen LogP contribution >= 0.6 is 12.4 Å². The predicted molar refractivity (Wildman–Crippen MR) is 52.0 cm³/mol. The number of carbonyl (C=O) groups is 1. The molecule has 0 bridgehead atoms. The average Bonchev–Trinajstić information content (AvgIpc) is 2.47. The molecule has 0 saturated heterocycles. The lowest BCUT2D eigenvalue weighted by Gasteiger charge is -2.10. The number of rotatable bonds is 0. The second-order valence-corrected chi connectivity index (χ2v) is 2.47. The molecule has 1 aliphatic heterocycles. The van der Waals surface area contributed by atoms with Gasteiger partial charge in [0.05, 0.1) is 12.4 Å². The topological polar surface area (TPSA) is 71.2 Å². The van der Waals surface area contributed by atoms with Crippen LogP contribution in [0.3, 0.4) is 0 Å². The molecule has 70 valence electrons. The minimum Gasteiger partial charge on any atom is -0.351 e. The highest BCUT2D eigenvalue weighted by Crippen LogP contribution is 2.27. The van der Waals surface area contributed by atoms with Gasteiger partial charge in [-0.25, -0.2) is 9.78 Å². The monoisotopic (exact) mass is 200 g/mol. The lowest BCUT2D eigenvalue weighted by atomic mass is 10.4. The van der Waals surface area contributed by atoms with E-state index in [9.17, 15) is 4.79 Å². The minimum absolute atomic E-state index is 0. The van der Waals surface area contributed by atoms with E-state index in [-0.39, 0.29) is 12.4 Å². The predicted octanol–water partition coefficient (Wildman–Crippen LogP) is 0.772. The summed E-state index contributed by atoms with van der Waals surface area (Å²) in [4.78, 5) is 16.3. The van der Waals surface area contributed by atoms with Crippen LogP contribution in [0.2, 0.25) is 0 Å². The summed E-state index contributed by atoms with van der Waals surface area (Å²) in [5.41, 5.74) is 5.87. The van der Waals surface area contributed by atoms with Crippen molar-refractivity contribution >= 4 is 29.9 Å². The molecule has 1 aliphatic rings. The smallest absolute Gasteiger partial charge is 0.320 e. The highest BCUT2D eigenvalue weighted by Gasteiger charge is 2.22. The van der Waals surface area contributed by atoms with Crippen molar-refractivity contribution in [2.24, 2.45) is 5.73 Å². The fourth-order valence-electron chi connectivity index (χ4n) is 1.19. The van der Waals surface area contributed by atoms with Crippen LogP contribution in [0.4, 0.5) is 16.3 Å². The van der Waals surface area contributed by atoms with Gasteiger partial charge in [0, 0.05) is 6.20 Å². The molecule has 5 nitrogen and oxygen atoms in total. The average molecular weight is 201 g/mol. The summed E-state index contributed by atoms with van der Waals surface area (Å²) in [6, 6.07) is 3.10. The van der Waals surface area contributed by atoms with Crippen molar-refractivity contribution < 1.29 is 4.79 Å². The van der Waals surface area contributed by atoms with E-state index in [1.807, 2.05) is 0 Å². The molecular formula is C7H9ClN4O. The number of nitrogens with zero attached hydrogens (tertiary/aromatic N) is 2. The van der Waals surface area contributed by atoms with Crippen LogP contribution in [0, 0.1) is 0 Å². The first kappa shape index (κ1) is 9.60. The summed E-state index contributed by atoms with van der Waals surface area (Å²) in [6.45, 7) is 0.404. The third-order valence-corrected chi connectivity index (χ3v) is 1.75. The Morgan fingerprint density at radius 2 is 2.46 bits per heavy atom. The number of pyridine rings is 1. The van der Waals surface area contributed by atoms with Crippen LogP contribution in [0.25, 0.3) is 0 Å². The summed E-state index contributed by atoms with van der Waals surface area (Å²) in [5.74, 6) is 0.705. The first-order chi connectivity index (χ1) is 5.79. The third-order valence-electron chi connectivity index (χ3n) is 1.75. The van der Waals surface area contributed by atoms with E-state index in [0.29, 0.717) is 12.5 Å². The summed E-state index contributed by atoms with van der Waals surface area (Å²) in [7, 11) is 0. The number of primary amides is 1. The van der Waals surface area contributed by atoms with Crippen LogP contribution < -0.4 is 16.0 Å². The molecule has 0 aromatic carbocycles. The summed E-state index contributed by atoms with van der Waals surface area (Å²) >= 11 is 0. The van der Waals surface area contributed by atoms with Gasteiger partial charge in [0.2, 0.25) is 0 Å². The van der Waals surface area contributed by atoms with E-state index in [2.05, 4.69) is 10.3 Å². The van der Waals surface area contributed by atoms with Gasteiger partial charge in [0.1, 0.15) is 0 Å². The quantitative estimate of drug-likeness (QED) is 0.650. The fourth-order valence-corrected chi connectivity index (χ4v) is 1.19. The van der Waals surface area contributed by atoms with E-state index in [1.54, 1.807) is 18.3 Å². The number of anilines is 2. The van der Waals surface area contributed by atoms with Gasteiger partial charge >= 0.3 is 6.03 Å². The van der Waals surface area contributed by atoms with E-state index in [4.69, 9.17) is 5.73 Å². The lowest BCUT2D eigenvalue weighted by molar-refractivity contribution is 0.254. The van der Waals surface area contributed by atoms with Gasteiger partial charge in [0.25, 0.3) is 0 Å². The number of hydrogen-bond acceptors (Lipinski definition) is 3. The number of carbonyl (C=O) groups excluding carboxylic acids is 1. The maximum atomic E-state index is 10.8. The zero-order valence-electron chi connectivity index (χ0n) is 6.73. The number of fused-ring (bicyclic) bond motifs is 1. The maximum Gasteiger partial charge on any atom is 0.320 e. The Labute approximate surface area is 81.3 Å². The van der Waals surface area contributed by atoms with Crippen molar-refractivity contribution in [3.05, 3.63) is 18.3 Å². The standard InChI is InChI=1S/C7H8N4O.ClH/c8-7(12)11-4-10-6-5(11)2-1-3-9-6;/h1-3H,4H2,(H2,8,12)(H,9,10);1H. The van der Waals surface area contributed by atoms with Crippen molar-refractivity contribution in [3.8, 4) is 0 Å². The van der Waals surface area contributed by atoms with Gasteiger partial charge < -0.3 is 11.1 Å². The molecule has 1 aromatic heterocycles. The molecule has 0 unspecified atom stereocenters. The molecule has 2 heterocycles. The first-order valence-corrected chi connectivity index (χ1v) is 3.55. The fraction of sp³-hybridized carbons (Fsp3) is 0.143. The number of aromatic nitrogens is 1. The van der Waals surface area contributed by atoms with Crippen molar-refractivity contribution in [1.82, 2.24) is 4.98 Å². The van der Waals surface area contributed by atoms with Gasteiger partial charge in [-0.15, -0.1) is 12.4 Å².